The van der Waals surface area contributed by atoms with Crippen molar-refractivity contribution in [3.8, 4) is 5.75 Å². The number of hydrogen-bond acceptors (Lipinski definition) is 5. The molecule has 1 aromatic heterocycles. The lowest BCUT2D eigenvalue weighted by Crippen LogP contribution is -2.37. The average Bonchev–Trinajstić information content (AvgIpc) is 3.03. The van der Waals surface area contributed by atoms with Crippen molar-refractivity contribution in [3.05, 3.63) is 80.0 Å². The number of H-pyrrole nitrogens is 1. The smallest absolute Gasteiger partial charge is 0.269 e. The van der Waals surface area contributed by atoms with E-state index in [1.165, 1.54) is 18.2 Å². The van der Waals surface area contributed by atoms with Crippen LogP contribution in [0.4, 0.5) is 5.69 Å². The molecule has 0 radical (unpaired) electrons. The molecule has 25 heavy (non-hydrogen) atoms. The number of rotatable bonds is 3. The summed E-state index contributed by atoms with van der Waals surface area (Å²) in [6, 6.07) is 10.7. The zero-order valence-corrected chi connectivity index (χ0v) is 12.9. The van der Waals surface area contributed by atoms with Crippen molar-refractivity contribution in [2.45, 2.75) is 12.0 Å². The lowest BCUT2D eigenvalue weighted by atomic mass is 9.83. The van der Waals surface area contributed by atoms with Gasteiger partial charge in [0.05, 0.1) is 10.8 Å². The number of para-hydroxylation sites is 1. The maximum atomic E-state index is 11.6. The third kappa shape index (κ3) is 2.38. The maximum Gasteiger partial charge on any atom is 0.269 e. The SMILES string of the molecule is O=[N+]([O-])c1ccc2c(c1)[C@H](c1c[nH]c3ccccc13)[C@@H]([N+](=O)[O-])CO2. The van der Waals surface area contributed by atoms with E-state index in [4.69, 9.17) is 4.74 Å². The van der Waals surface area contributed by atoms with Crippen LogP contribution in [0.3, 0.4) is 0 Å². The Bertz CT molecular complexity index is 997. The van der Waals surface area contributed by atoms with Crippen LogP contribution in [-0.2, 0) is 0 Å². The second-order valence-corrected chi connectivity index (χ2v) is 5.91. The molecule has 126 valence electrons. The predicted octanol–water partition coefficient (Wildman–Crippen LogP) is 3.25. The molecule has 2 heterocycles. The average molecular weight is 339 g/mol. The minimum atomic E-state index is -1.02. The highest BCUT2D eigenvalue weighted by atomic mass is 16.6. The summed E-state index contributed by atoms with van der Waals surface area (Å²) in [5.41, 5.74) is 1.95. The number of nitrogens with one attached hydrogen (secondary N) is 1. The number of nitrogens with zero attached hydrogens (tertiary/aromatic N) is 2. The summed E-state index contributed by atoms with van der Waals surface area (Å²) in [4.78, 5) is 25.0. The number of nitro groups is 2. The van der Waals surface area contributed by atoms with Gasteiger partial charge in [0.15, 0.2) is 6.61 Å². The minimum Gasteiger partial charge on any atom is -0.486 e. The third-order valence-electron chi connectivity index (χ3n) is 4.56. The van der Waals surface area contributed by atoms with Gasteiger partial charge in [-0.15, -0.1) is 0 Å². The molecule has 0 aliphatic carbocycles. The largest absolute Gasteiger partial charge is 0.486 e. The molecule has 8 heteroatoms. The lowest BCUT2D eigenvalue weighted by Gasteiger charge is -2.28. The number of benzene rings is 2. The molecule has 1 aliphatic rings. The van der Waals surface area contributed by atoms with E-state index in [0.717, 1.165) is 16.5 Å². The van der Waals surface area contributed by atoms with Gasteiger partial charge in [0, 0.05) is 39.7 Å². The number of fused-ring (bicyclic) bond motifs is 2. The zero-order valence-electron chi connectivity index (χ0n) is 12.9. The highest BCUT2D eigenvalue weighted by molar-refractivity contribution is 5.84. The molecule has 1 N–H and O–H groups in total. The van der Waals surface area contributed by atoms with Crippen LogP contribution in [0, 0.1) is 20.2 Å². The highest BCUT2D eigenvalue weighted by Crippen LogP contribution is 2.43. The van der Waals surface area contributed by atoms with Crippen molar-refractivity contribution >= 4 is 16.6 Å². The van der Waals surface area contributed by atoms with Crippen LogP contribution in [0.5, 0.6) is 5.75 Å². The van der Waals surface area contributed by atoms with Crippen molar-refractivity contribution < 1.29 is 14.6 Å². The molecule has 0 saturated carbocycles. The number of ether oxygens (including phenoxy) is 1. The molecule has 0 unspecified atom stereocenters. The fraction of sp³-hybridized carbons (Fsp3) is 0.176. The van der Waals surface area contributed by atoms with E-state index >= 15 is 0 Å². The van der Waals surface area contributed by atoms with Crippen LogP contribution in [0.15, 0.2) is 48.7 Å². The molecule has 0 bridgehead atoms. The Hall–Kier alpha value is -3.42. The van der Waals surface area contributed by atoms with Crippen molar-refractivity contribution in [1.82, 2.24) is 4.98 Å². The Morgan fingerprint density at radius 3 is 2.64 bits per heavy atom. The van der Waals surface area contributed by atoms with Crippen molar-refractivity contribution in [1.29, 1.82) is 0 Å². The van der Waals surface area contributed by atoms with Crippen LogP contribution in [0.2, 0.25) is 0 Å². The maximum absolute atomic E-state index is 11.6. The predicted molar refractivity (Wildman–Crippen MR) is 89.5 cm³/mol. The summed E-state index contributed by atoms with van der Waals surface area (Å²) >= 11 is 0. The van der Waals surface area contributed by atoms with Gasteiger partial charge in [-0.2, -0.15) is 0 Å². The van der Waals surface area contributed by atoms with Gasteiger partial charge in [-0.25, -0.2) is 0 Å². The van der Waals surface area contributed by atoms with E-state index in [9.17, 15) is 20.2 Å². The Morgan fingerprint density at radius 2 is 1.88 bits per heavy atom. The molecule has 0 amide bonds. The van der Waals surface area contributed by atoms with Gasteiger partial charge in [-0.3, -0.25) is 20.2 Å². The van der Waals surface area contributed by atoms with Gasteiger partial charge in [0.1, 0.15) is 5.75 Å². The molecule has 8 nitrogen and oxygen atoms in total. The quantitative estimate of drug-likeness (QED) is 0.581. The number of aromatic amines is 1. The molecule has 0 fully saturated rings. The Morgan fingerprint density at radius 1 is 1.08 bits per heavy atom. The molecular weight excluding hydrogens is 326 g/mol. The molecule has 2 aromatic carbocycles. The molecule has 4 rings (SSSR count). The minimum absolute atomic E-state index is 0.0814. The topological polar surface area (TPSA) is 111 Å². The second-order valence-electron chi connectivity index (χ2n) is 5.91. The lowest BCUT2D eigenvalue weighted by molar-refractivity contribution is -0.528. The monoisotopic (exact) mass is 339 g/mol. The summed E-state index contributed by atoms with van der Waals surface area (Å²) in [6.45, 7) is -0.0814. The van der Waals surface area contributed by atoms with E-state index in [2.05, 4.69) is 4.98 Å². The van der Waals surface area contributed by atoms with Gasteiger partial charge in [0.25, 0.3) is 11.7 Å². The van der Waals surface area contributed by atoms with Crippen molar-refractivity contribution in [2.75, 3.05) is 6.61 Å². The molecule has 0 spiro atoms. The number of non-ortho nitro benzene ring substituents is 1. The van der Waals surface area contributed by atoms with Crippen LogP contribution < -0.4 is 4.74 Å². The summed E-state index contributed by atoms with van der Waals surface area (Å²) in [6.07, 6.45) is 1.74. The molecule has 2 atom stereocenters. The molecule has 3 aromatic rings. The van der Waals surface area contributed by atoms with Crippen LogP contribution in [-0.4, -0.2) is 27.5 Å². The number of hydrogen-bond donors (Lipinski definition) is 1. The normalized spacial score (nSPS) is 19.2. The zero-order chi connectivity index (χ0) is 17.6. The first-order valence-electron chi connectivity index (χ1n) is 7.67. The first-order valence-corrected chi connectivity index (χ1v) is 7.67. The Balaban J connectivity index is 1.95. The van der Waals surface area contributed by atoms with E-state index in [1.807, 2.05) is 24.3 Å². The number of nitro benzene ring substituents is 1. The first kappa shape index (κ1) is 15.1. The van der Waals surface area contributed by atoms with Crippen LogP contribution in [0.1, 0.15) is 17.0 Å². The number of aromatic nitrogens is 1. The summed E-state index contributed by atoms with van der Waals surface area (Å²) < 4.78 is 5.50. The van der Waals surface area contributed by atoms with Gasteiger partial charge in [-0.05, 0) is 17.7 Å². The van der Waals surface area contributed by atoms with Gasteiger partial charge in [-0.1, -0.05) is 18.2 Å². The second kappa shape index (κ2) is 5.59. The standard InChI is InChI=1S/C17H13N3O5/c21-19(22)10-5-6-16-12(7-10)17(15(9-25-16)20(23)24)13-8-18-14-4-2-1-3-11(13)14/h1-8,15,17-18H,9H2/t15-,17+/m0/s1. The highest BCUT2D eigenvalue weighted by Gasteiger charge is 2.42. The summed E-state index contributed by atoms with van der Waals surface area (Å²) in [5, 5.41) is 23.6. The third-order valence-corrected chi connectivity index (χ3v) is 4.56. The summed E-state index contributed by atoms with van der Waals surface area (Å²) in [5.74, 6) is -0.186. The van der Waals surface area contributed by atoms with Gasteiger partial charge >= 0.3 is 0 Å². The van der Waals surface area contributed by atoms with Crippen molar-refractivity contribution in [2.24, 2.45) is 0 Å². The fourth-order valence-corrected chi connectivity index (χ4v) is 3.41. The fourth-order valence-electron chi connectivity index (χ4n) is 3.41. The molecule has 0 saturated heterocycles. The van der Waals surface area contributed by atoms with Gasteiger partial charge < -0.3 is 9.72 Å². The van der Waals surface area contributed by atoms with Crippen molar-refractivity contribution in [3.63, 3.8) is 0 Å². The van der Waals surface area contributed by atoms with Crippen LogP contribution in [0.25, 0.3) is 10.9 Å². The van der Waals surface area contributed by atoms with E-state index in [0.29, 0.717) is 11.3 Å². The van der Waals surface area contributed by atoms with E-state index in [1.54, 1.807) is 6.20 Å². The Kier molecular flexibility index (Phi) is 3.38. The summed E-state index contributed by atoms with van der Waals surface area (Å²) in [7, 11) is 0. The first-order chi connectivity index (χ1) is 12.1. The van der Waals surface area contributed by atoms with E-state index in [-0.39, 0.29) is 17.2 Å². The molecular formula is C17H13N3O5. The van der Waals surface area contributed by atoms with E-state index < -0.39 is 16.9 Å². The molecule has 1 aliphatic heterocycles. The van der Waals surface area contributed by atoms with Gasteiger partial charge in [0.2, 0.25) is 0 Å². The van der Waals surface area contributed by atoms with Crippen LogP contribution >= 0.6 is 0 Å². The Labute approximate surface area is 141 Å².